The standard InChI is InChI=1S/C13H10N2O/c14-15-12-9-5-4-8-11(12)13(16)10-6-2-1-3-7-10/h1-8H,9H2. The van der Waals surface area contributed by atoms with E-state index in [1.807, 2.05) is 24.3 Å². The summed E-state index contributed by atoms with van der Waals surface area (Å²) < 4.78 is 0. The summed E-state index contributed by atoms with van der Waals surface area (Å²) >= 11 is 0. The predicted octanol–water partition coefficient (Wildman–Crippen LogP) is 2.43. The van der Waals surface area contributed by atoms with Crippen LogP contribution in [0.25, 0.3) is 5.53 Å². The number of allylic oxidation sites excluding steroid dienone is 4. The highest BCUT2D eigenvalue weighted by atomic mass is 16.1. The molecular weight excluding hydrogens is 200 g/mol. The van der Waals surface area contributed by atoms with Crippen LogP contribution in [0.4, 0.5) is 0 Å². The Balaban J connectivity index is 2.39. The molecule has 0 unspecified atom stereocenters. The van der Waals surface area contributed by atoms with Crippen molar-refractivity contribution >= 4 is 11.5 Å². The summed E-state index contributed by atoms with van der Waals surface area (Å²) in [5, 5.41) is 0. The summed E-state index contributed by atoms with van der Waals surface area (Å²) in [5.41, 5.74) is 10.3. The Morgan fingerprint density at radius 1 is 1.25 bits per heavy atom. The maximum atomic E-state index is 12.1. The van der Waals surface area contributed by atoms with E-state index < -0.39 is 0 Å². The highest BCUT2D eigenvalue weighted by molar-refractivity contribution is 6.27. The molecule has 0 N–H and O–H groups in total. The Morgan fingerprint density at radius 2 is 2.00 bits per heavy atom. The maximum Gasteiger partial charge on any atom is 0.306 e. The number of benzene rings is 1. The van der Waals surface area contributed by atoms with Crippen LogP contribution in [0.5, 0.6) is 0 Å². The van der Waals surface area contributed by atoms with E-state index in [2.05, 4.69) is 4.79 Å². The molecule has 0 heterocycles. The molecule has 0 saturated carbocycles. The van der Waals surface area contributed by atoms with Gasteiger partial charge in [0, 0.05) is 5.56 Å². The lowest BCUT2D eigenvalue weighted by molar-refractivity contribution is -0.00634. The van der Waals surface area contributed by atoms with Gasteiger partial charge in [-0.2, -0.15) is 4.79 Å². The number of carbonyl (C=O) groups is 1. The number of rotatable bonds is 2. The average Bonchev–Trinajstić information content (AvgIpc) is 2.39. The first kappa shape index (κ1) is 10.3. The van der Waals surface area contributed by atoms with Gasteiger partial charge in [-0.25, -0.2) is 0 Å². The molecule has 1 aliphatic carbocycles. The van der Waals surface area contributed by atoms with Gasteiger partial charge in [0.2, 0.25) is 5.78 Å². The zero-order valence-corrected chi connectivity index (χ0v) is 8.63. The van der Waals surface area contributed by atoms with Crippen LogP contribution >= 0.6 is 0 Å². The fourth-order valence-corrected chi connectivity index (χ4v) is 1.60. The molecule has 0 aliphatic heterocycles. The second-order valence-electron chi connectivity index (χ2n) is 3.45. The van der Waals surface area contributed by atoms with Gasteiger partial charge in [-0.3, -0.25) is 4.79 Å². The van der Waals surface area contributed by atoms with E-state index in [9.17, 15) is 4.79 Å². The van der Waals surface area contributed by atoms with E-state index in [1.165, 1.54) is 0 Å². The molecule has 0 amide bonds. The molecule has 0 saturated heterocycles. The zero-order chi connectivity index (χ0) is 11.4. The Bertz CT molecular complexity index is 520. The van der Waals surface area contributed by atoms with Crippen LogP contribution in [-0.2, 0) is 0 Å². The van der Waals surface area contributed by atoms with Gasteiger partial charge in [-0.05, 0) is 6.08 Å². The first-order chi connectivity index (χ1) is 7.83. The molecule has 3 nitrogen and oxygen atoms in total. The van der Waals surface area contributed by atoms with Crippen LogP contribution in [0.3, 0.4) is 0 Å². The molecule has 0 spiro atoms. The van der Waals surface area contributed by atoms with Gasteiger partial charge >= 0.3 is 5.71 Å². The fourth-order valence-electron chi connectivity index (χ4n) is 1.60. The van der Waals surface area contributed by atoms with Crippen LogP contribution < -0.4 is 0 Å². The summed E-state index contributed by atoms with van der Waals surface area (Å²) in [5.74, 6) is -0.113. The maximum absolute atomic E-state index is 12.1. The van der Waals surface area contributed by atoms with Crippen molar-refractivity contribution in [2.45, 2.75) is 6.42 Å². The zero-order valence-electron chi connectivity index (χ0n) is 8.63. The van der Waals surface area contributed by atoms with E-state index in [1.54, 1.807) is 24.3 Å². The van der Waals surface area contributed by atoms with Gasteiger partial charge in [0.25, 0.3) is 0 Å². The Labute approximate surface area is 93.3 Å². The molecule has 1 aromatic rings. The van der Waals surface area contributed by atoms with Crippen molar-refractivity contribution in [2.24, 2.45) is 0 Å². The summed E-state index contributed by atoms with van der Waals surface area (Å²) in [6.07, 6.45) is 5.80. The van der Waals surface area contributed by atoms with Gasteiger partial charge in [-0.15, -0.1) is 0 Å². The van der Waals surface area contributed by atoms with E-state index in [0.717, 1.165) is 0 Å². The molecule has 1 aliphatic rings. The summed E-state index contributed by atoms with van der Waals surface area (Å²) in [7, 11) is 0. The van der Waals surface area contributed by atoms with Crippen molar-refractivity contribution < 1.29 is 9.58 Å². The average molecular weight is 210 g/mol. The minimum atomic E-state index is -0.113. The second kappa shape index (κ2) is 4.51. The molecule has 1 aromatic carbocycles. The quantitative estimate of drug-likeness (QED) is 0.420. The SMILES string of the molecule is [N-]=[N+]=C1CC=CC=C1C(=O)c1ccccc1. The summed E-state index contributed by atoms with van der Waals surface area (Å²) in [4.78, 5) is 15.2. The Morgan fingerprint density at radius 3 is 2.69 bits per heavy atom. The van der Waals surface area contributed by atoms with Crippen LogP contribution in [0, 0.1) is 0 Å². The van der Waals surface area contributed by atoms with E-state index in [0.29, 0.717) is 23.3 Å². The normalized spacial score (nSPS) is 14.2. The third-order valence-electron chi connectivity index (χ3n) is 2.42. The lowest BCUT2D eigenvalue weighted by Gasteiger charge is -2.03. The molecule has 2 rings (SSSR count). The Kier molecular flexibility index (Phi) is 2.90. The third kappa shape index (κ3) is 1.90. The monoisotopic (exact) mass is 210 g/mol. The van der Waals surface area contributed by atoms with Crippen molar-refractivity contribution in [2.75, 3.05) is 0 Å². The molecule has 78 valence electrons. The van der Waals surface area contributed by atoms with Crippen molar-refractivity contribution in [3.63, 3.8) is 0 Å². The minimum Gasteiger partial charge on any atom is -0.361 e. The molecule has 0 radical (unpaired) electrons. The molecule has 16 heavy (non-hydrogen) atoms. The minimum absolute atomic E-state index is 0.113. The van der Waals surface area contributed by atoms with Crippen LogP contribution in [0.15, 0.2) is 54.1 Å². The Hall–Kier alpha value is -2.25. The fraction of sp³-hybridized carbons (Fsp3) is 0.0769. The van der Waals surface area contributed by atoms with Crippen molar-refractivity contribution in [1.29, 1.82) is 0 Å². The highest BCUT2D eigenvalue weighted by Crippen LogP contribution is 2.14. The van der Waals surface area contributed by atoms with Crippen LogP contribution in [-0.4, -0.2) is 16.3 Å². The smallest absolute Gasteiger partial charge is 0.306 e. The lowest BCUT2D eigenvalue weighted by Crippen LogP contribution is -2.15. The number of nitrogens with zero attached hydrogens (tertiary/aromatic N) is 2. The second-order valence-corrected chi connectivity index (χ2v) is 3.45. The van der Waals surface area contributed by atoms with Gasteiger partial charge in [-0.1, -0.05) is 42.5 Å². The lowest BCUT2D eigenvalue weighted by atomic mass is 9.95. The largest absolute Gasteiger partial charge is 0.361 e. The van der Waals surface area contributed by atoms with E-state index in [-0.39, 0.29) is 5.78 Å². The van der Waals surface area contributed by atoms with E-state index >= 15 is 0 Å². The van der Waals surface area contributed by atoms with Gasteiger partial charge < -0.3 is 5.53 Å². The van der Waals surface area contributed by atoms with E-state index in [4.69, 9.17) is 5.53 Å². The molecule has 0 aromatic heterocycles. The van der Waals surface area contributed by atoms with Crippen molar-refractivity contribution in [3.05, 3.63) is 65.2 Å². The summed E-state index contributed by atoms with van der Waals surface area (Å²) in [6.45, 7) is 0. The molecular formula is C13H10N2O. The molecule has 0 atom stereocenters. The number of ketones is 1. The van der Waals surface area contributed by atoms with Gasteiger partial charge in [0.15, 0.2) is 0 Å². The van der Waals surface area contributed by atoms with Crippen molar-refractivity contribution in [1.82, 2.24) is 0 Å². The topological polar surface area (TPSA) is 53.5 Å². The first-order valence-corrected chi connectivity index (χ1v) is 5.01. The molecule has 3 heteroatoms. The van der Waals surface area contributed by atoms with Crippen LogP contribution in [0.1, 0.15) is 16.8 Å². The third-order valence-corrected chi connectivity index (χ3v) is 2.42. The molecule has 0 fully saturated rings. The highest BCUT2D eigenvalue weighted by Gasteiger charge is 2.24. The van der Waals surface area contributed by atoms with Gasteiger partial charge in [0.1, 0.15) is 5.57 Å². The molecule has 0 bridgehead atoms. The van der Waals surface area contributed by atoms with Crippen LogP contribution in [0.2, 0.25) is 0 Å². The number of hydrogen-bond donors (Lipinski definition) is 0. The summed E-state index contributed by atoms with van der Waals surface area (Å²) in [6, 6.07) is 8.96. The van der Waals surface area contributed by atoms with Crippen molar-refractivity contribution in [3.8, 4) is 0 Å². The van der Waals surface area contributed by atoms with Gasteiger partial charge in [0.05, 0.1) is 6.42 Å². The number of carbonyl (C=O) groups excluding carboxylic acids is 1. The predicted molar refractivity (Wildman–Crippen MR) is 61.2 cm³/mol. The number of hydrogen-bond acceptors (Lipinski definition) is 1. The first-order valence-electron chi connectivity index (χ1n) is 5.01. The number of Topliss-reactive ketones (excluding diaryl/α,β-unsaturated/α-hetero) is 1.